The summed E-state index contributed by atoms with van der Waals surface area (Å²) in [6.07, 6.45) is 5.06. The predicted octanol–water partition coefficient (Wildman–Crippen LogP) is 4.65. The highest BCUT2D eigenvalue weighted by molar-refractivity contribution is 5.94. The summed E-state index contributed by atoms with van der Waals surface area (Å²) in [6, 6.07) is 20.5. The van der Waals surface area contributed by atoms with Gasteiger partial charge >= 0.3 is 6.03 Å². The number of anilines is 3. The third-order valence-electron chi connectivity index (χ3n) is 4.62. The van der Waals surface area contributed by atoms with Crippen LogP contribution >= 0.6 is 0 Å². The van der Waals surface area contributed by atoms with Gasteiger partial charge in [-0.1, -0.05) is 30.3 Å². The number of rotatable bonds is 4. The van der Waals surface area contributed by atoms with Gasteiger partial charge in [-0.2, -0.15) is 14.9 Å². The SMILES string of the molecule is O=C(Nc1cccnc1Nc1ccc2cn[nH]c2c1)n1ccc(-c2ccccc2)n1. The Balaban J connectivity index is 1.36. The van der Waals surface area contributed by atoms with E-state index in [-0.39, 0.29) is 6.03 Å². The number of benzene rings is 2. The summed E-state index contributed by atoms with van der Waals surface area (Å²) in [5, 5.41) is 18.5. The van der Waals surface area contributed by atoms with Gasteiger partial charge in [0, 0.05) is 29.0 Å². The number of amides is 1. The third kappa shape index (κ3) is 3.49. The van der Waals surface area contributed by atoms with Crippen LogP contribution in [0.4, 0.5) is 22.0 Å². The highest BCUT2D eigenvalue weighted by Gasteiger charge is 2.12. The number of nitrogens with one attached hydrogen (secondary N) is 3. The van der Waals surface area contributed by atoms with Crippen LogP contribution in [0, 0.1) is 0 Å². The van der Waals surface area contributed by atoms with Crippen LogP contribution in [0.25, 0.3) is 22.2 Å². The first kappa shape index (κ1) is 17.6. The van der Waals surface area contributed by atoms with Gasteiger partial charge in [0.2, 0.25) is 0 Å². The van der Waals surface area contributed by atoms with Gasteiger partial charge in [0.25, 0.3) is 0 Å². The van der Waals surface area contributed by atoms with Gasteiger partial charge in [-0.15, -0.1) is 0 Å². The van der Waals surface area contributed by atoms with Crippen LogP contribution in [0.3, 0.4) is 0 Å². The summed E-state index contributed by atoms with van der Waals surface area (Å²) >= 11 is 0. The van der Waals surface area contributed by atoms with E-state index in [9.17, 15) is 4.79 Å². The van der Waals surface area contributed by atoms with E-state index in [0.29, 0.717) is 11.5 Å². The first-order valence-corrected chi connectivity index (χ1v) is 9.34. The summed E-state index contributed by atoms with van der Waals surface area (Å²) in [7, 11) is 0. The van der Waals surface area contributed by atoms with Crippen LogP contribution < -0.4 is 10.6 Å². The Hall–Kier alpha value is -4.46. The van der Waals surface area contributed by atoms with Crippen LogP contribution in [0.1, 0.15) is 0 Å². The van der Waals surface area contributed by atoms with E-state index < -0.39 is 0 Å². The Morgan fingerprint density at radius 3 is 2.80 bits per heavy atom. The number of pyridine rings is 1. The molecular formula is C22H17N7O. The lowest BCUT2D eigenvalue weighted by atomic mass is 10.2. The number of carbonyl (C=O) groups excluding carboxylic acids is 1. The Labute approximate surface area is 171 Å². The second kappa shape index (κ2) is 7.51. The lowest BCUT2D eigenvalue weighted by Gasteiger charge is -2.12. The van der Waals surface area contributed by atoms with E-state index in [4.69, 9.17) is 0 Å². The molecule has 0 aliphatic rings. The minimum Gasteiger partial charge on any atom is -0.338 e. The molecule has 0 atom stereocenters. The van der Waals surface area contributed by atoms with Crippen molar-refractivity contribution in [3.05, 3.63) is 85.3 Å². The van der Waals surface area contributed by atoms with Gasteiger partial charge in [-0.25, -0.2) is 9.78 Å². The van der Waals surface area contributed by atoms with Crippen molar-refractivity contribution in [3.8, 4) is 11.3 Å². The molecule has 0 saturated heterocycles. The number of hydrogen-bond acceptors (Lipinski definition) is 5. The van der Waals surface area contributed by atoms with Crippen molar-refractivity contribution in [2.24, 2.45) is 0 Å². The van der Waals surface area contributed by atoms with Crippen LogP contribution in [-0.2, 0) is 0 Å². The fraction of sp³-hybridized carbons (Fsp3) is 0. The molecule has 0 unspecified atom stereocenters. The zero-order valence-corrected chi connectivity index (χ0v) is 15.8. The molecular weight excluding hydrogens is 378 g/mol. The number of carbonyl (C=O) groups is 1. The van der Waals surface area contributed by atoms with Crippen molar-refractivity contribution in [1.29, 1.82) is 0 Å². The van der Waals surface area contributed by atoms with Gasteiger partial charge in [-0.05, 0) is 36.4 Å². The summed E-state index contributed by atoms with van der Waals surface area (Å²) in [5.74, 6) is 0.528. The number of nitrogens with zero attached hydrogens (tertiary/aromatic N) is 4. The summed E-state index contributed by atoms with van der Waals surface area (Å²) in [4.78, 5) is 17.1. The van der Waals surface area contributed by atoms with Crippen molar-refractivity contribution in [2.75, 3.05) is 10.6 Å². The predicted molar refractivity (Wildman–Crippen MR) is 116 cm³/mol. The Bertz CT molecular complexity index is 1320. The molecule has 3 aromatic heterocycles. The van der Waals surface area contributed by atoms with E-state index in [1.165, 1.54) is 4.68 Å². The molecule has 1 amide bonds. The first-order chi connectivity index (χ1) is 14.8. The molecule has 8 heteroatoms. The number of hydrogen-bond donors (Lipinski definition) is 3. The Morgan fingerprint density at radius 1 is 1.00 bits per heavy atom. The van der Waals surface area contributed by atoms with Gasteiger partial charge in [0.1, 0.15) is 0 Å². The van der Waals surface area contributed by atoms with Crippen molar-refractivity contribution >= 4 is 34.1 Å². The normalized spacial score (nSPS) is 10.8. The maximum Gasteiger partial charge on any atom is 0.346 e. The highest BCUT2D eigenvalue weighted by Crippen LogP contribution is 2.25. The van der Waals surface area contributed by atoms with Gasteiger partial charge < -0.3 is 10.6 Å². The van der Waals surface area contributed by atoms with E-state index in [2.05, 4.69) is 30.9 Å². The maximum absolute atomic E-state index is 12.7. The first-order valence-electron chi connectivity index (χ1n) is 9.34. The van der Waals surface area contributed by atoms with Crippen molar-refractivity contribution in [3.63, 3.8) is 0 Å². The van der Waals surface area contributed by atoms with Crippen LogP contribution in [0.5, 0.6) is 0 Å². The van der Waals surface area contributed by atoms with Crippen molar-refractivity contribution in [2.45, 2.75) is 0 Å². The molecule has 8 nitrogen and oxygen atoms in total. The fourth-order valence-corrected chi connectivity index (χ4v) is 3.13. The monoisotopic (exact) mass is 395 g/mol. The molecule has 5 rings (SSSR count). The van der Waals surface area contributed by atoms with E-state index in [1.807, 2.05) is 48.5 Å². The number of H-pyrrole nitrogens is 1. The minimum absolute atomic E-state index is 0.378. The topological polar surface area (TPSA) is 101 Å². The molecule has 0 fully saturated rings. The summed E-state index contributed by atoms with van der Waals surface area (Å²) in [6.45, 7) is 0. The second-order valence-electron chi connectivity index (χ2n) is 6.64. The Kier molecular flexibility index (Phi) is 4.41. The van der Waals surface area contributed by atoms with Crippen molar-refractivity contribution in [1.82, 2.24) is 25.0 Å². The molecule has 0 radical (unpaired) electrons. The molecule has 0 aliphatic heterocycles. The lowest BCUT2D eigenvalue weighted by Crippen LogP contribution is -2.20. The average molecular weight is 395 g/mol. The van der Waals surface area contributed by atoms with E-state index >= 15 is 0 Å². The summed E-state index contributed by atoms with van der Waals surface area (Å²) in [5.41, 5.74) is 3.95. The molecule has 30 heavy (non-hydrogen) atoms. The molecule has 3 heterocycles. The lowest BCUT2D eigenvalue weighted by molar-refractivity contribution is 0.251. The molecule has 5 aromatic rings. The fourth-order valence-electron chi connectivity index (χ4n) is 3.13. The maximum atomic E-state index is 12.7. The minimum atomic E-state index is -0.378. The van der Waals surface area contributed by atoms with Gasteiger partial charge in [0.15, 0.2) is 5.82 Å². The van der Waals surface area contributed by atoms with Crippen molar-refractivity contribution < 1.29 is 4.79 Å². The Morgan fingerprint density at radius 2 is 1.90 bits per heavy atom. The zero-order valence-electron chi connectivity index (χ0n) is 15.8. The van der Waals surface area contributed by atoms with Crippen LogP contribution in [0.15, 0.2) is 85.3 Å². The molecule has 0 saturated carbocycles. The summed E-state index contributed by atoms with van der Waals surface area (Å²) < 4.78 is 1.27. The third-order valence-corrected chi connectivity index (χ3v) is 4.62. The second-order valence-corrected chi connectivity index (χ2v) is 6.64. The average Bonchev–Trinajstić information content (AvgIpc) is 3.45. The smallest absolute Gasteiger partial charge is 0.338 e. The van der Waals surface area contributed by atoms with Crippen LogP contribution in [0.2, 0.25) is 0 Å². The number of aromatic nitrogens is 5. The molecule has 146 valence electrons. The molecule has 3 N–H and O–H groups in total. The molecule has 2 aromatic carbocycles. The largest absolute Gasteiger partial charge is 0.346 e. The zero-order chi connectivity index (χ0) is 20.3. The molecule has 0 aliphatic carbocycles. The standard InChI is InChI=1S/C22H17N7O/c30-22(29-12-10-18(28-29)15-5-2-1-3-6-15)26-19-7-4-11-23-21(19)25-17-9-8-16-14-24-27-20(16)13-17/h1-14H,(H,23,25)(H,24,27)(H,26,30). The highest BCUT2D eigenvalue weighted by atomic mass is 16.2. The molecule has 0 bridgehead atoms. The van der Waals surface area contributed by atoms with Gasteiger partial charge in [-0.3, -0.25) is 5.10 Å². The molecule has 0 spiro atoms. The van der Waals surface area contributed by atoms with E-state index in [0.717, 1.165) is 27.8 Å². The number of aromatic amines is 1. The van der Waals surface area contributed by atoms with Gasteiger partial charge in [0.05, 0.1) is 23.1 Å². The van der Waals surface area contributed by atoms with Crippen LogP contribution in [-0.4, -0.2) is 31.0 Å². The number of fused-ring (bicyclic) bond motifs is 1. The quantitative estimate of drug-likeness (QED) is 0.411. The van der Waals surface area contributed by atoms with E-state index in [1.54, 1.807) is 36.8 Å².